The van der Waals surface area contributed by atoms with Gasteiger partial charge in [0.25, 0.3) is 0 Å². The summed E-state index contributed by atoms with van der Waals surface area (Å²) in [4.78, 5) is 4.54. The molecule has 2 heterocycles. The van der Waals surface area contributed by atoms with Gasteiger partial charge in [0.1, 0.15) is 0 Å². The molecular formula is C10H18N2OS. The normalized spacial score (nSPS) is 33.6. The Morgan fingerprint density at radius 2 is 2.50 bits per heavy atom. The second kappa shape index (κ2) is 4.11. The van der Waals surface area contributed by atoms with Gasteiger partial charge in [0, 0.05) is 17.9 Å². The Morgan fingerprint density at radius 3 is 3.07 bits per heavy atom. The molecule has 1 N–H and O–H groups in total. The van der Waals surface area contributed by atoms with Crippen LogP contribution in [0.4, 0.5) is 0 Å². The third kappa shape index (κ3) is 2.64. The number of rotatable bonds is 2. The van der Waals surface area contributed by atoms with Gasteiger partial charge in [0.15, 0.2) is 5.17 Å². The zero-order valence-electron chi connectivity index (χ0n) is 8.88. The molecular weight excluding hydrogens is 196 g/mol. The maximum atomic E-state index is 5.52. The van der Waals surface area contributed by atoms with Crippen LogP contribution in [0.15, 0.2) is 4.99 Å². The fraction of sp³-hybridized carbons (Fsp3) is 0.900. The van der Waals surface area contributed by atoms with Crippen molar-refractivity contribution >= 4 is 16.9 Å². The molecule has 4 heteroatoms. The molecule has 2 fully saturated rings. The lowest BCUT2D eigenvalue weighted by molar-refractivity contribution is 0.118. The van der Waals surface area contributed by atoms with Crippen LogP contribution in [0, 0.1) is 0 Å². The molecule has 2 aliphatic heterocycles. The molecule has 2 rings (SSSR count). The zero-order chi connectivity index (χ0) is 10.0. The van der Waals surface area contributed by atoms with Gasteiger partial charge in [-0.3, -0.25) is 4.99 Å². The minimum atomic E-state index is 0.208. The standard InChI is InChI=1S/C10H18N2OS/c1-10(2)7-14-9(12-10)11-6-8-4-3-5-13-8/h8H,3-7H2,1-2H3,(H,11,12). The van der Waals surface area contributed by atoms with Crippen molar-refractivity contribution in [2.45, 2.75) is 38.3 Å². The number of nitrogens with one attached hydrogen (secondary N) is 1. The van der Waals surface area contributed by atoms with Crippen LogP contribution in [-0.2, 0) is 4.74 Å². The first-order valence-electron chi connectivity index (χ1n) is 5.23. The van der Waals surface area contributed by atoms with Crippen LogP contribution in [-0.4, -0.2) is 35.7 Å². The van der Waals surface area contributed by atoms with Crippen molar-refractivity contribution in [2.24, 2.45) is 4.99 Å². The third-order valence-electron chi connectivity index (χ3n) is 2.48. The van der Waals surface area contributed by atoms with E-state index in [2.05, 4.69) is 24.2 Å². The molecule has 14 heavy (non-hydrogen) atoms. The Kier molecular flexibility index (Phi) is 3.02. The van der Waals surface area contributed by atoms with Gasteiger partial charge in [-0.25, -0.2) is 0 Å². The van der Waals surface area contributed by atoms with Gasteiger partial charge < -0.3 is 10.1 Å². The molecule has 0 saturated carbocycles. The van der Waals surface area contributed by atoms with Gasteiger partial charge >= 0.3 is 0 Å². The van der Waals surface area contributed by atoms with Gasteiger partial charge in [-0.1, -0.05) is 11.8 Å². The van der Waals surface area contributed by atoms with Crippen molar-refractivity contribution in [3.8, 4) is 0 Å². The summed E-state index contributed by atoms with van der Waals surface area (Å²) in [6, 6.07) is 0. The smallest absolute Gasteiger partial charge is 0.157 e. The van der Waals surface area contributed by atoms with Crippen molar-refractivity contribution in [3.63, 3.8) is 0 Å². The maximum absolute atomic E-state index is 5.52. The Bertz CT molecular complexity index is 234. The molecule has 0 aromatic carbocycles. The highest BCUT2D eigenvalue weighted by atomic mass is 32.2. The average molecular weight is 214 g/mol. The lowest BCUT2D eigenvalue weighted by atomic mass is 10.1. The van der Waals surface area contributed by atoms with Gasteiger partial charge in [-0.15, -0.1) is 0 Å². The molecule has 0 bridgehead atoms. The van der Waals surface area contributed by atoms with Crippen LogP contribution in [0.2, 0.25) is 0 Å². The highest BCUT2D eigenvalue weighted by Gasteiger charge is 2.27. The molecule has 0 aliphatic carbocycles. The Labute approximate surface area is 89.7 Å². The van der Waals surface area contributed by atoms with E-state index in [4.69, 9.17) is 4.74 Å². The highest BCUT2D eigenvalue weighted by Crippen LogP contribution is 2.22. The molecule has 3 nitrogen and oxygen atoms in total. The Morgan fingerprint density at radius 1 is 1.64 bits per heavy atom. The summed E-state index contributed by atoms with van der Waals surface area (Å²) in [6.07, 6.45) is 2.74. The van der Waals surface area contributed by atoms with Crippen LogP contribution >= 0.6 is 11.8 Å². The number of nitrogens with zero attached hydrogens (tertiary/aromatic N) is 1. The highest BCUT2D eigenvalue weighted by molar-refractivity contribution is 8.14. The molecule has 0 radical (unpaired) electrons. The minimum absolute atomic E-state index is 0.208. The number of ether oxygens (including phenoxy) is 1. The Hall–Kier alpha value is -0.220. The van der Waals surface area contributed by atoms with Crippen molar-refractivity contribution in [1.82, 2.24) is 5.32 Å². The quantitative estimate of drug-likeness (QED) is 0.758. The van der Waals surface area contributed by atoms with Crippen LogP contribution in [0.25, 0.3) is 0 Å². The van der Waals surface area contributed by atoms with Gasteiger partial charge in [0.2, 0.25) is 0 Å². The van der Waals surface area contributed by atoms with Crippen LogP contribution in [0.5, 0.6) is 0 Å². The van der Waals surface area contributed by atoms with E-state index in [-0.39, 0.29) is 5.54 Å². The van der Waals surface area contributed by atoms with Crippen LogP contribution in [0.3, 0.4) is 0 Å². The molecule has 80 valence electrons. The first kappa shape index (κ1) is 10.3. The van der Waals surface area contributed by atoms with Crippen molar-refractivity contribution in [1.29, 1.82) is 0 Å². The van der Waals surface area contributed by atoms with Crippen molar-refractivity contribution < 1.29 is 4.74 Å². The van der Waals surface area contributed by atoms with Crippen molar-refractivity contribution in [2.75, 3.05) is 18.9 Å². The average Bonchev–Trinajstić information content (AvgIpc) is 2.70. The second-order valence-electron chi connectivity index (χ2n) is 4.58. The molecule has 0 spiro atoms. The molecule has 1 unspecified atom stereocenters. The fourth-order valence-electron chi connectivity index (χ4n) is 1.67. The van der Waals surface area contributed by atoms with E-state index >= 15 is 0 Å². The van der Waals surface area contributed by atoms with E-state index in [1.807, 2.05) is 11.8 Å². The summed E-state index contributed by atoms with van der Waals surface area (Å²) in [7, 11) is 0. The number of hydrogen-bond donors (Lipinski definition) is 1. The van der Waals surface area contributed by atoms with E-state index in [9.17, 15) is 0 Å². The minimum Gasteiger partial charge on any atom is -0.376 e. The van der Waals surface area contributed by atoms with E-state index in [0.717, 1.165) is 24.1 Å². The van der Waals surface area contributed by atoms with Crippen LogP contribution < -0.4 is 5.32 Å². The topological polar surface area (TPSA) is 33.6 Å². The fourth-order valence-corrected chi connectivity index (χ4v) is 2.75. The number of hydrogen-bond acceptors (Lipinski definition) is 3. The maximum Gasteiger partial charge on any atom is 0.157 e. The van der Waals surface area contributed by atoms with Crippen molar-refractivity contribution in [3.05, 3.63) is 0 Å². The largest absolute Gasteiger partial charge is 0.376 e. The molecule has 2 saturated heterocycles. The summed E-state index contributed by atoms with van der Waals surface area (Å²) >= 11 is 1.82. The van der Waals surface area contributed by atoms with Gasteiger partial charge in [-0.05, 0) is 26.7 Å². The first-order chi connectivity index (χ1) is 6.66. The summed E-state index contributed by atoms with van der Waals surface area (Å²) in [5.41, 5.74) is 0.208. The number of aliphatic imine (C=N–C) groups is 1. The first-order valence-corrected chi connectivity index (χ1v) is 6.21. The summed E-state index contributed by atoms with van der Waals surface area (Å²) < 4.78 is 5.52. The third-order valence-corrected chi connectivity index (χ3v) is 3.85. The van der Waals surface area contributed by atoms with Gasteiger partial charge in [-0.2, -0.15) is 0 Å². The molecule has 2 aliphatic rings. The molecule has 0 aromatic heterocycles. The van der Waals surface area contributed by atoms with E-state index in [1.165, 1.54) is 12.8 Å². The predicted molar refractivity (Wildman–Crippen MR) is 60.9 cm³/mol. The summed E-state index contributed by atoms with van der Waals surface area (Å²) in [5.74, 6) is 1.11. The van der Waals surface area contributed by atoms with Crippen LogP contribution in [0.1, 0.15) is 26.7 Å². The summed E-state index contributed by atoms with van der Waals surface area (Å²) in [5, 5.41) is 4.50. The van der Waals surface area contributed by atoms with E-state index in [1.54, 1.807) is 0 Å². The lowest BCUT2D eigenvalue weighted by Crippen LogP contribution is -2.37. The number of thioether (sulfide) groups is 1. The van der Waals surface area contributed by atoms with E-state index < -0.39 is 0 Å². The lowest BCUT2D eigenvalue weighted by Gasteiger charge is -2.16. The summed E-state index contributed by atoms with van der Waals surface area (Å²) in [6.45, 7) is 6.15. The van der Waals surface area contributed by atoms with Gasteiger partial charge in [0.05, 0.1) is 12.6 Å². The molecule has 0 amide bonds. The molecule has 0 aromatic rings. The SMILES string of the molecule is CC1(C)CSC(=NCC2CCCO2)N1. The molecule has 1 atom stereocenters. The monoisotopic (exact) mass is 214 g/mol. The second-order valence-corrected chi connectivity index (χ2v) is 5.54. The van der Waals surface area contributed by atoms with E-state index in [0.29, 0.717) is 6.10 Å². The number of amidine groups is 1. The predicted octanol–water partition coefficient (Wildman–Crippen LogP) is 1.64. The Balaban J connectivity index is 1.81. The zero-order valence-corrected chi connectivity index (χ0v) is 9.69.